The maximum Gasteiger partial charge on any atom is 0.338 e. The Balaban J connectivity index is 0.00000146. The molecular formula is C20H35O5P. The van der Waals surface area contributed by atoms with E-state index in [1.165, 1.54) is 0 Å². The van der Waals surface area contributed by atoms with Gasteiger partial charge in [-0.25, -0.2) is 4.79 Å². The first kappa shape index (κ1) is 25.0. The predicted molar refractivity (Wildman–Crippen MR) is 108 cm³/mol. The molecular weight excluding hydrogens is 351 g/mol. The molecule has 1 heterocycles. The van der Waals surface area contributed by atoms with E-state index in [1.807, 2.05) is 59.5 Å². The molecule has 0 bridgehead atoms. The molecule has 26 heavy (non-hydrogen) atoms. The molecule has 0 saturated carbocycles. The number of hydrogen-bond acceptors (Lipinski definition) is 5. The molecule has 2 rings (SSSR count). The van der Waals surface area contributed by atoms with Gasteiger partial charge in [-0.3, -0.25) is 0 Å². The smallest absolute Gasteiger partial charge is 0.338 e. The number of aliphatic hydroxyl groups excluding tert-OH is 1. The summed E-state index contributed by atoms with van der Waals surface area (Å²) in [4.78, 5) is 12.0. The maximum absolute atomic E-state index is 12.0. The Labute approximate surface area is 159 Å². The molecule has 6 heteroatoms. The second-order valence-corrected chi connectivity index (χ2v) is 8.32. The molecule has 3 atom stereocenters. The summed E-state index contributed by atoms with van der Waals surface area (Å²) >= 11 is 0. The van der Waals surface area contributed by atoms with Gasteiger partial charge >= 0.3 is 5.97 Å². The monoisotopic (exact) mass is 386 g/mol. The first-order valence-electron chi connectivity index (χ1n) is 9.27. The summed E-state index contributed by atoms with van der Waals surface area (Å²) in [5.41, 5.74) is 1.49. The number of carbonyl (C=O) groups excluding carboxylic acids is 1. The lowest BCUT2D eigenvalue weighted by Crippen LogP contribution is -2.22. The van der Waals surface area contributed by atoms with Crippen LogP contribution in [0.5, 0.6) is 0 Å². The molecule has 0 aliphatic carbocycles. The van der Waals surface area contributed by atoms with Crippen molar-refractivity contribution in [1.82, 2.24) is 0 Å². The highest BCUT2D eigenvalue weighted by Gasteiger charge is 2.42. The minimum atomic E-state index is -0.918. The van der Waals surface area contributed by atoms with Gasteiger partial charge < -0.3 is 19.3 Å². The average molecular weight is 386 g/mol. The van der Waals surface area contributed by atoms with Gasteiger partial charge in [-0.15, -0.1) is 0 Å². The molecule has 1 aromatic carbocycles. The molecule has 1 saturated heterocycles. The second kappa shape index (κ2) is 12.4. The second-order valence-electron chi connectivity index (χ2n) is 5.85. The van der Waals surface area contributed by atoms with E-state index in [1.54, 1.807) is 19.9 Å². The molecule has 1 fully saturated rings. The Morgan fingerprint density at radius 3 is 2.27 bits per heavy atom. The standard InChI is InChI=1S/C16H23O5P.2C2H6/c1-11-7-5-6-8-12(11)13(17)19-9-10-22(4)15-14(18)20-16(2,3)21-15;2*1-2/h5-8,14-15,18H,9-10H2,1-4H3;2*1-2H3. The van der Waals surface area contributed by atoms with E-state index in [-0.39, 0.29) is 11.8 Å². The van der Waals surface area contributed by atoms with Crippen LogP contribution >= 0.6 is 7.92 Å². The predicted octanol–water partition coefficient (Wildman–Crippen LogP) is 4.74. The summed E-state index contributed by atoms with van der Waals surface area (Å²) in [7, 11) is -0.661. The Kier molecular flexibility index (Phi) is 11.9. The zero-order chi connectivity index (χ0) is 20.3. The Morgan fingerprint density at radius 2 is 1.77 bits per heavy atom. The summed E-state index contributed by atoms with van der Waals surface area (Å²) < 4.78 is 16.4. The van der Waals surface area contributed by atoms with Gasteiger partial charge in [0.05, 0.1) is 12.2 Å². The van der Waals surface area contributed by atoms with Crippen molar-refractivity contribution in [2.45, 2.75) is 66.4 Å². The third-order valence-electron chi connectivity index (χ3n) is 3.53. The number of carbonyl (C=O) groups is 1. The van der Waals surface area contributed by atoms with Crippen molar-refractivity contribution in [3.8, 4) is 0 Å². The minimum Gasteiger partial charge on any atom is -0.462 e. The van der Waals surface area contributed by atoms with Crippen LogP contribution in [-0.4, -0.2) is 48.4 Å². The Bertz CT molecular complexity index is 533. The van der Waals surface area contributed by atoms with E-state index in [2.05, 4.69) is 0 Å². The van der Waals surface area contributed by atoms with E-state index in [0.29, 0.717) is 18.3 Å². The fourth-order valence-corrected chi connectivity index (χ4v) is 3.89. The fraction of sp³-hybridized carbons (Fsp3) is 0.650. The first-order valence-corrected chi connectivity index (χ1v) is 11.3. The third-order valence-corrected chi connectivity index (χ3v) is 5.65. The largest absolute Gasteiger partial charge is 0.462 e. The van der Waals surface area contributed by atoms with Crippen LogP contribution in [0.15, 0.2) is 24.3 Å². The normalized spacial score (nSPS) is 21.6. The van der Waals surface area contributed by atoms with Gasteiger partial charge in [-0.1, -0.05) is 53.8 Å². The topological polar surface area (TPSA) is 65.0 Å². The van der Waals surface area contributed by atoms with Crippen molar-refractivity contribution in [3.63, 3.8) is 0 Å². The summed E-state index contributed by atoms with van der Waals surface area (Å²) in [5.74, 6) is -1.42. The highest BCUT2D eigenvalue weighted by molar-refractivity contribution is 7.57. The molecule has 0 amide bonds. The van der Waals surface area contributed by atoms with Crippen molar-refractivity contribution in [2.24, 2.45) is 0 Å². The molecule has 0 aromatic heterocycles. The van der Waals surface area contributed by atoms with Gasteiger partial charge in [0, 0.05) is 6.16 Å². The van der Waals surface area contributed by atoms with Crippen molar-refractivity contribution < 1.29 is 24.1 Å². The van der Waals surface area contributed by atoms with Crippen LogP contribution in [0.25, 0.3) is 0 Å². The van der Waals surface area contributed by atoms with E-state index >= 15 is 0 Å². The average Bonchev–Trinajstić information content (AvgIpc) is 2.91. The lowest BCUT2D eigenvalue weighted by atomic mass is 10.1. The molecule has 5 nitrogen and oxygen atoms in total. The van der Waals surface area contributed by atoms with Crippen LogP contribution in [-0.2, 0) is 14.2 Å². The zero-order valence-corrected chi connectivity index (χ0v) is 18.3. The molecule has 0 spiro atoms. The lowest BCUT2D eigenvalue weighted by molar-refractivity contribution is -0.174. The molecule has 0 radical (unpaired) electrons. The summed E-state index contributed by atoms with van der Waals surface area (Å²) in [6, 6.07) is 7.34. The highest BCUT2D eigenvalue weighted by Crippen LogP contribution is 2.46. The van der Waals surface area contributed by atoms with Gasteiger partial charge in [0.25, 0.3) is 0 Å². The van der Waals surface area contributed by atoms with Crippen LogP contribution < -0.4 is 0 Å². The summed E-state index contributed by atoms with van der Waals surface area (Å²) in [6.45, 7) is 15.7. The Morgan fingerprint density at radius 1 is 1.19 bits per heavy atom. The lowest BCUT2D eigenvalue weighted by Gasteiger charge is -2.21. The van der Waals surface area contributed by atoms with Gasteiger partial charge in [0.1, 0.15) is 5.85 Å². The van der Waals surface area contributed by atoms with Gasteiger partial charge in [-0.05, 0) is 39.1 Å². The van der Waals surface area contributed by atoms with Crippen LogP contribution in [0.2, 0.25) is 0 Å². The minimum absolute atomic E-state index is 0.308. The van der Waals surface area contributed by atoms with E-state index < -0.39 is 20.0 Å². The van der Waals surface area contributed by atoms with Gasteiger partial charge in [0.2, 0.25) is 0 Å². The number of aliphatic hydroxyl groups is 1. The molecule has 150 valence electrons. The van der Waals surface area contributed by atoms with Crippen molar-refractivity contribution >= 4 is 13.9 Å². The Hall–Kier alpha value is -1.00. The molecule has 1 aromatic rings. The van der Waals surface area contributed by atoms with Crippen molar-refractivity contribution in [2.75, 3.05) is 19.4 Å². The van der Waals surface area contributed by atoms with Crippen LogP contribution in [0.1, 0.15) is 57.5 Å². The van der Waals surface area contributed by atoms with Gasteiger partial charge in [-0.2, -0.15) is 0 Å². The van der Waals surface area contributed by atoms with Gasteiger partial charge in [0.15, 0.2) is 12.1 Å². The summed E-state index contributed by atoms with van der Waals surface area (Å²) in [5, 5.41) is 9.88. The number of ether oxygens (including phenoxy) is 3. The highest BCUT2D eigenvalue weighted by atomic mass is 31.1. The number of hydrogen-bond donors (Lipinski definition) is 1. The van der Waals surface area contributed by atoms with E-state index in [4.69, 9.17) is 14.2 Å². The zero-order valence-electron chi connectivity index (χ0n) is 17.4. The van der Waals surface area contributed by atoms with E-state index in [0.717, 1.165) is 5.56 Å². The van der Waals surface area contributed by atoms with Crippen LogP contribution in [0.3, 0.4) is 0 Å². The number of aryl methyl sites for hydroxylation is 1. The molecule has 1 aliphatic heterocycles. The SMILES string of the molecule is CC.CC.Cc1ccccc1C(=O)OCCP(C)C1OC(C)(C)OC1O. The number of esters is 1. The molecule has 1 aliphatic rings. The van der Waals surface area contributed by atoms with Crippen LogP contribution in [0, 0.1) is 6.92 Å². The quantitative estimate of drug-likeness (QED) is 0.585. The number of rotatable bonds is 5. The maximum atomic E-state index is 12.0. The van der Waals surface area contributed by atoms with Crippen LogP contribution in [0.4, 0.5) is 0 Å². The molecule has 1 N–H and O–H groups in total. The van der Waals surface area contributed by atoms with Crippen molar-refractivity contribution in [1.29, 1.82) is 0 Å². The summed E-state index contributed by atoms with van der Waals surface area (Å²) in [6.07, 6.45) is -0.258. The fourth-order valence-electron chi connectivity index (χ4n) is 2.32. The van der Waals surface area contributed by atoms with E-state index in [9.17, 15) is 9.90 Å². The number of benzene rings is 1. The van der Waals surface area contributed by atoms with Crippen molar-refractivity contribution in [3.05, 3.63) is 35.4 Å². The first-order chi connectivity index (χ1) is 12.3. The third kappa shape index (κ3) is 7.71. The molecule has 3 unspecified atom stereocenters.